The van der Waals surface area contributed by atoms with Crippen molar-refractivity contribution in [1.29, 1.82) is 0 Å². The Labute approximate surface area is 145 Å². The molecule has 1 aromatic rings. The molecule has 5 nitrogen and oxygen atoms in total. The summed E-state index contributed by atoms with van der Waals surface area (Å²) in [5.41, 5.74) is 0.541. The van der Waals surface area contributed by atoms with E-state index in [1.54, 1.807) is 24.3 Å². The van der Waals surface area contributed by atoms with Crippen molar-refractivity contribution in [3.8, 4) is 5.75 Å². The summed E-state index contributed by atoms with van der Waals surface area (Å²) in [6, 6.07) is 6.93. The molecule has 0 saturated carbocycles. The minimum absolute atomic E-state index is 0.216. The standard InChI is InChI=1S/C18H27NO4S/c1-4-6-7-8-13-23-17-11-9-16(10-12-17)19-18(20)15(3)24(21,22)14-5-2/h5,9-12,15H,2,4,6-8,13-14H2,1,3H3,(H,19,20). The van der Waals surface area contributed by atoms with E-state index < -0.39 is 21.0 Å². The van der Waals surface area contributed by atoms with E-state index >= 15 is 0 Å². The van der Waals surface area contributed by atoms with Gasteiger partial charge in [-0.25, -0.2) is 8.42 Å². The molecule has 0 spiro atoms. The average molecular weight is 353 g/mol. The maximum atomic E-state index is 12.0. The molecule has 0 heterocycles. The predicted molar refractivity (Wildman–Crippen MR) is 98.2 cm³/mol. The fraction of sp³-hybridized carbons (Fsp3) is 0.500. The van der Waals surface area contributed by atoms with Gasteiger partial charge < -0.3 is 10.1 Å². The van der Waals surface area contributed by atoms with E-state index in [0.717, 1.165) is 18.6 Å². The minimum Gasteiger partial charge on any atom is -0.494 e. The molecule has 1 rings (SSSR count). The summed E-state index contributed by atoms with van der Waals surface area (Å²) < 4.78 is 29.3. The SMILES string of the molecule is C=CCS(=O)(=O)C(C)C(=O)Nc1ccc(OCCCCCC)cc1. The van der Waals surface area contributed by atoms with Gasteiger partial charge in [-0.3, -0.25) is 4.79 Å². The second kappa shape index (κ2) is 10.1. The van der Waals surface area contributed by atoms with Gasteiger partial charge in [0.15, 0.2) is 9.84 Å². The second-order valence-corrected chi connectivity index (χ2v) is 8.05. The van der Waals surface area contributed by atoms with Gasteiger partial charge in [-0.15, -0.1) is 6.58 Å². The highest BCUT2D eigenvalue weighted by molar-refractivity contribution is 7.92. The van der Waals surface area contributed by atoms with Crippen molar-refractivity contribution in [2.45, 2.75) is 44.8 Å². The molecule has 134 valence electrons. The average Bonchev–Trinajstić information content (AvgIpc) is 2.55. The molecule has 1 atom stereocenters. The van der Waals surface area contributed by atoms with Crippen molar-refractivity contribution < 1.29 is 17.9 Å². The van der Waals surface area contributed by atoms with Gasteiger partial charge in [-0.2, -0.15) is 0 Å². The fourth-order valence-electron chi connectivity index (χ4n) is 2.07. The van der Waals surface area contributed by atoms with Crippen molar-refractivity contribution in [3.05, 3.63) is 36.9 Å². The van der Waals surface area contributed by atoms with Crippen molar-refractivity contribution in [3.63, 3.8) is 0 Å². The van der Waals surface area contributed by atoms with Crippen molar-refractivity contribution >= 4 is 21.4 Å². The van der Waals surface area contributed by atoms with E-state index in [2.05, 4.69) is 18.8 Å². The van der Waals surface area contributed by atoms with Gasteiger partial charge in [0.05, 0.1) is 12.4 Å². The summed E-state index contributed by atoms with van der Waals surface area (Å²) in [5.74, 6) is -0.0336. The number of hydrogen-bond donors (Lipinski definition) is 1. The van der Waals surface area contributed by atoms with E-state index in [4.69, 9.17) is 4.74 Å². The Morgan fingerprint density at radius 1 is 1.25 bits per heavy atom. The molecule has 0 aliphatic rings. The van der Waals surface area contributed by atoms with Gasteiger partial charge >= 0.3 is 0 Å². The number of hydrogen-bond acceptors (Lipinski definition) is 4. The Bertz CT molecular complexity index is 623. The summed E-state index contributed by atoms with van der Waals surface area (Å²) >= 11 is 0. The molecular formula is C18H27NO4S. The Morgan fingerprint density at radius 3 is 2.50 bits per heavy atom. The number of amides is 1. The number of benzene rings is 1. The summed E-state index contributed by atoms with van der Waals surface area (Å²) in [5, 5.41) is 1.49. The van der Waals surface area contributed by atoms with Crippen LogP contribution in [0.5, 0.6) is 5.75 Å². The number of anilines is 1. The number of carbonyl (C=O) groups excluding carboxylic acids is 1. The first-order valence-electron chi connectivity index (χ1n) is 8.27. The predicted octanol–water partition coefficient (Wildman–Crippen LogP) is 3.57. The van der Waals surface area contributed by atoms with Gasteiger partial charge in [-0.05, 0) is 37.6 Å². The summed E-state index contributed by atoms with van der Waals surface area (Å²) in [6.45, 7) is 7.61. The van der Waals surface area contributed by atoms with Crippen LogP contribution in [0.25, 0.3) is 0 Å². The Balaban J connectivity index is 2.51. The van der Waals surface area contributed by atoms with Crippen LogP contribution in [0, 0.1) is 0 Å². The van der Waals surface area contributed by atoms with Crippen molar-refractivity contribution in [2.75, 3.05) is 17.7 Å². The highest BCUT2D eigenvalue weighted by Gasteiger charge is 2.26. The molecule has 1 aromatic carbocycles. The van der Waals surface area contributed by atoms with Crippen LogP contribution in [0.3, 0.4) is 0 Å². The van der Waals surface area contributed by atoms with Gasteiger partial charge in [0.1, 0.15) is 11.0 Å². The van der Waals surface area contributed by atoms with E-state index in [0.29, 0.717) is 12.3 Å². The number of carbonyl (C=O) groups is 1. The number of rotatable bonds is 11. The molecule has 0 radical (unpaired) electrons. The van der Waals surface area contributed by atoms with Crippen LogP contribution in [0.2, 0.25) is 0 Å². The third kappa shape index (κ3) is 6.74. The number of unbranched alkanes of at least 4 members (excludes halogenated alkanes) is 3. The largest absolute Gasteiger partial charge is 0.494 e. The van der Waals surface area contributed by atoms with Crippen LogP contribution < -0.4 is 10.1 Å². The third-order valence-corrected chi connectivity index (χ3v) is 5.64. The van der Waals surface area contributed by atoms with E-state index in [1.165, 1.54) is 25.8 Å². The van der Waals surface area contributed by atoms with Gasteiger partial charge in [0.2, 0.25) is 5.91 Å². The normalized spacial score (nSPS) is 12.4. The fourth-order valence-corrected chi connectivity index (χ4v) is 3.07. The van der Waals surface area contributed by atoms with Crippen LogP contribution in [-0.4, -0.2) is 31.9 Å². The first-order chi connectivity index (χ1) is 11.4. The Morgan fingerprint density at radius 2 is 1.92 bits per heavy atom. The zero-order valence-corrected chi connectivity index (χ0v) is 15.3. The van der Waals surface area contributed by atoms with Crippen molar-refractivity contribution in [2.24, 2.45) is 0 Å². The smallest absolute Gasteiger partial charge is 0.242 e. The molecule has 0 aliphatic carbocycles. The van der Waals surface area contributed by atoms with Crippen LogP contribution in [-0.2, 0) is 14.6 Å². The summed E-state index contributed by atoms with van der Waals surface area (Å²) in [7, 11) is -3.51. The van der Waals surface area contributed by atoms with Crippen LogP contribution in [0.15, 0.2) is 36.9 Å². The maximum Gasteiger partial charge on any atom is 0.242 e. The molecule has 1 N–H and O–H groups in total. The zero-order chi connectivity index (χ0) is 18.0. The van der Waals surface area contributed by atoms with Gasteiger partial charge in [-0.1, -0.05) is 32.3 Å². The highest BCUT2D eigenvalue weighted by Crippen LogP contribution is 2.17. The zero-order valence-electron chi connectivity index (χ0n) is 14.5. The lowest BCUT2D eigenvalue weighted by atomic mass is 10.2. The molecule has 1 amide bonds. The van der Waals surface area contributed by atoms with Crippen LogP contribution in [0.1, 0.15) is 39.5 Å². The summed E-state index contributed by atoms with van der Waals surface area (Å²) in [6.07, 6.45) is 5.86. The number of ether oxygens (including phenoxy) is 1. The van der Waals surface area contributed by atoms with Crippen LogP contribution in [0.4, 0.5) is 5.69 Å². The molecule has 6 heteroatoms. The molecule has 1 unspecified atom stereocenters. The molecule has 0 bridgehead atoms. The highest BCUT2D eigenvalue weighted by atomic mass is 32.2. The van der Waals surface area contributed by atoms with E-state index in [-0.39, 0.29) is 5.75 Å². The lowest BCUT2D eigenvalue weighted by Gasteiger charge is -2.12. The Hall–Kier alpha value is -1.82. The first kappa shape index (κ1) is 20.2. The van der Waals surface area contributed by atoms with E-state index in [9.17, 15) is 13.2 Å². The minimum atomic E-state index is -3.51. The molecule has 0 saturated heterocycles. The molecule has 24 heavy (non-hydrogen) atoms. The lowest BCUT2D eigenvalue weighted by molar-refractivity contribution is -0.115. The summed E-state index contributed by atoms with van der Waals surface area (Å²) in [4.78, 5) is 12.0. The van der Waals surface area contributed by atoms with E-state index in [1.807, 2.05) is 0 Å². The molecule has 0 aliphatic heterocycles. The quantitative estimate of drug-likeness (QED) is 0.487. The first-order valence-corrected chi connectivity index (χ1v) is 9.98. The topological polar surface area (TPSA) is 72.5 Å². The maximum absolute atomic E-state index is 12.0. The number of nitrogens with one attached hydrogen (secondary N) is 1. The molecule has 0 fully saturated rings. The van der Waals surface area contributed by atoms with Crippen molar-refractivity contribution in [1.82, 2.24) is 0 Å². The monoisotopic (exact) mass is 353 g/mol. The van der Waals surface area contributed by atoms with Crippen LogP contribution >= 0.6 is 0 Å². The Kier molecular flexibility index (Phi) is 8.54. The second-order valence-electron chi connectivity index (χ2n) is 5.68. The lowest BCUT2D eigenvalue weighted by Crippen LogP contribution is -2.33. The van der Waals surface area contributed by atoms with Gasteiger partial charge in [0.25, 0.3) is 0 Å². The molecule has 0 aromatic heterocycles. The van der Waals surface area contributed by atoms with Gasteiger partial charge in [0, 0.05) is 5.69 Å². The third-order valence-electron chi connectivity index (χ3n) is 3.65. The number of sulfone groups is 1. The molecular weight excluding hydrogens is 326 g/mol.